The molecule has 0 radical (unpaired) electrons. The van der Waals surface area contributed by atoms with E-state index in [4.69, 9.17) is 0 Å². The molecule has 0 saturated carbocycles. The monoisotopic (exact) mass is 468 g/mol. The molecule has 4 rings (SSSR count). The number of Topliss-reactive ketones (excluding diaryl/α,β-unsaturated/α-hetero) is 1. The number of nitrogens with zero attached hydrogens (tertiary/aromatic N) is 1. The van der Waals surface area contributed by atoms with Crippen molar-refractivity contribution in [2.24, 2.45) is 5.92 Å². The molecular formula is C32H40N2O. The van der Waals surface area contributed by atoms with Crippen LogP contribution in [0.1, 0.15) is 65.1 Å². The summed E-state index contributed by atoms with van der Waals surface area (Å²) < 4.78 is 0. The quantitative estimate of drug-likeness (QED) is 0.308. The van der Waals surface area contributed by atoms with E-state index in [1.807, 2.05) is 7.05 Å². The van der Waals surface area contributed by atoms with Crippen LogP contribution in [0.5, 0.6) is 0 Å². The molecular weight excluding hydrogens is 428 g/mol. The van der Waals surface area contributed by atoms with Crippen molar-refractivity contribution in [1.82, 2.24) is 10.2 Å². The van der Waals surface area contributed by atoms with Crippen molar-refractivity contribution in [3.63, 3.8) is 0 Å². The Hall–Kier alpha value is -2.75. The third kappa shape index (κ3) is 7.88. The number of benzene rings is 3. The number of likely N-dealkylation sites (tertiary alicyclic amines) is 1. The van der Waals surface area contributed by atoms with Crippen LogP contribution in [0, 0.1) is 5.92 Å². The van der Waals surface area contributed by atoms with Gasteiger partial charge in [-0.25, -0.2) is 0 Å². The second kappa shape index (κ2) is 13.4. The molecule has 3 heteroatoms. The highest BCUT2D eigenvalue weighted by Gasteiger charge is 2.20. The van der Waals surface area contributed by atoms with Crippen molar-refractivity contribution >= 4 is 5.78 Å². The molecule has 0 aliphatic carbocycles. The van der Waals surface area contributed by atoms with Gasteiger partial charge in [0.1, 0.15) is 0 Å². The highest BCUT2D eigenvalue weighted by atomic mass is 16.1. The number of hydrogen-bond acceptors (Lipinski definition) is 3. The summed E-state index contributed by atoms with van der Waals surface area (Å²) in [5, 5.41) is 3.29. The van der Waals surface area contributed by atoms with Gasteiger partial charge in [-0.3, -0.25) is 9.69 Å². The fraction of sp³-hybridized carbons (Fsp3) is 0.406. The molecule has 184 valence electrons. The molecule has 0 spiro atoms. The van der Waals surface area contributed by atoms with Gasteiger partial charge in [0.05, 0.1) is 0 Å². The Morgan fingerprint density at radius 1 is 0.886 bits per heavy atom. The topological polar surface area (TPSA) is 32.3 Å². The first-order valence-electron chi connectivity index (χ1n) is 13.3. The van der Waals surface area contributed by atoms with Gasteiger partial charge < -0.3 is 5.32 Å². The lowest BCUT2D eigenvalue weighted by molar-refractivity contribution is 0.0961. The van der Waals surface area contributed by atoms with Crippen molar-refractivity contribution in [3.8, 4) is 0 Å². The van der Waals surface area contributed by atoms with Crippen LogP contribution in [-0.2, 0) is 13.0 Å². The Kier molecular flexibility index (Phi) is 9.68. The van der Waals surface area contributed by atoms with E-state index in [0.29, 0.717) is 18.3 Å². The highest BCUT2D eigenvalue weighted by molar-refractivity contribution is 5.96. The smallest absolute Gasteiger partial charge is 0.162 e. The number of carbonyl (C=O) groups is 1. The lowest BCUT2D eigenvalue weighted by Crippen LogP contribution is -2.33. The van der Waals surface area contributed by atoms with Crippen LogP contribution < -0.4 is 5.32 Å². The average molecular weight is 469 g/mol. The van der Waals surface area contributed by atoms with Crippen molar-refractivity contribution in [3.05, 3.63) is 107 Å². The maximum atomic E-state index is 12.9. The van der Waals surface area contributed by atoms with Gasteiger partial charge >= 0.3 is 0 Å². The molecule has 3 nitrogen and oxygen atoms in total. The SMILES string of the molecule is CNCCC(Cc1ccccc1)c1ccc(C(=O)CCC2CCN(Cc3ccccc3)CC2)cc1. The van der Waals surface area contributed by atoms with Gasteiger partial charge in [0.15, 0.2) is 5.78 Å². The number of piperidine rings is 1. The maximum absolute atomic E-state index is 12.9. The molecule has 1 atom stereocenters. The molecule has 1 saturated heterocycles. The largest absolute Gasteiger partial charge is 0.320 e. The van der Waals surface area contributed by atoms with Gasteiger partial charge in [0.2, 0.25) is 0 Å². The summed E-state index contributed by atoms with van der Waals surface area (Å²) in [5.74, 6) is 1.41. The molecule has 1 aliphatic heterocycles. The summed E-state index contributed by atoms with van der Waals surface area (Å²) in [6.07, 6.45) is 6.19. The molecule has 1 aliphatic rings. The Balaban J connectivity index is 1.25. The van der Waals surface area contributed by atoms with Crippen LogP contribution in [0.2, 0.25) is 0 Å². The Labute approximate surface area is 211 Å². The molecule has 35 heavy (non-hydrogen) atoms. The van der Waals surface area contributed by atoms with Gasteiger partial charge in [-0.05, 0) is 87.3 Å². The predicted molar refractivity (Wildman–Crippen MR) is 146 cm³/mol. The fourth-order valence-corrected chi connectivity index (χ4v) is 5.30. The van der Waals surface area contributed by atoms with Crippen LogP contribution >= 0.6 is 0 Å². The number of hydrogen-bond donors (Lipinski definition) is 1. The molecule has 0 amide bonds. The van der Waals surface area contributed by atoms with E-state index >= 15 is 0 Å². The summed E-state index contributed by atoms with van der Waals surface area (Å²) in [4.78, 5) is 15.5. The van der Waals surface area contributed by atoms with Crippen LogP contribution in [-0.4, -0.2) is 37.4 Å². The van der Waals surface area contributed by atoms with Crippen LogP contribution in [0.25, 0.3) is 0 Å². The van der Waals surface area contributed by atoms with Gasteiger partial charge in [-0.1, -0.05) is 84.9 Å². The summed E-state index contributed by atoms with van der Waals surface area (Å²) in [7, 11) is 2.01. The second-order valence-corrected chi connectivity index (χ2v) is 10.1. The minimum Gasteiger partial charge on any atom is -0.320 e. The van der Waals surface area contributed by atoms with Gasteiger partial charge in [-0.15, -0.1) is 0 Å². The third-order valence-electron chi connectivity index (χ3n) is 7.51. The average Bonchev–Trinajstić information content (AvgIpc) is 2.92. The third-order valence-corrected chi connectivity index (χ3v) is 7.51. The lowest BCUT2D eigenvalue weighted by atomic mass is 9.87. The van der Waals surface area contributed by atoms with Gasteiger partial charge in [0, 0.05) is 18.5 Å². The lowest BCUT2D eigenvalue weighted by Gasteiger charge is -2.32. The maximum Gasteiger partial charge on any atom is 0.162 e. The van der Waals surface area contributed by atoms with E-state index in [1.165, 1.54) is 29.5 Å². The van der Waals surface area contributed by atoms with E-state index in [1.54, 1.807) is 0 Å². The molecule has 1 fully saturated rings. The molecule has 1 N–H and O–H groups in total. The van der Waals surface area contributed by atoms with E-state index in [-0.39, 0.29) is 5.78 Å². The first kappa shape index (κ1) is 25.3. The molecule has 0 aromatic heterocycles. The Morgan fingerprint density at radius 3 is 2.14 bits per heavy atom. The van der Waals surface area contributed by atoms with Crippen molar-refractivity contribution in [1.29, 1.82) is 0 Å². The summed E-state index contributed by atoms with van der Waals surface area (Å²) >= 11 is 0. The normalized spacial score (nSPS) is 15.7. The number of nitrogens with one attached hydrogen (secondary N) is 1. The van der Waals surface area contributed by atoms with E-state index in [9.17, 15) is 4.79 Å². The van der Waals surface area contributed by atoms with Gasteiger partial charge in [-0.2, -0.15) is 0 Å². The second-order valence-electron chi connectivity index (χ2n) is 10.1. The minimum atomic E-state index is 0.290. The molecule has 3 aromatic carbocycles. The zero-order chi connectivity index (χ0) is 24.3. The van der Waals surface area contributed by atoms with E-state index in [2.05, 4.69) is 95.1 Å². The van der Waals surface area contributed by atoms with Crippen LogP contribution in [0.15, 0.2) is 84.9 Å². The Morgan fingerprint density at radius 2 is 1.51 bits per heavy atom. The molecule has 1 heterocycles. The zero-order valence-corrected chi connectivity index (χ0v) is 21.2. The predicted octanol–water partition coefficient (Wildman–Crippen LogP) is 6.50. The first-order chi connectivity index (χ1) is 17.2. The highest BCUT2D eigenvalue weighted by Crippen LogP contribution is 2.27. The van der Waals surface area contributed by atoms with E-state index in [0.717, 1.165) is 51.0 Å². The van der Waals surface area contributed by atoms with Crippen molar-refractivity contribution in [2.45, 2.75) is 51.0 Å². The van der Waals surface area contributed by atoms with Crippen molar-refractivity contribution < 1.29 is 4.79 Å². The summed E-state index contributed by atoms with van der Waals surface area (Å²) in [6.45, 7) is 4.30. The first-order valence-corrected chi connectivity index (χ1v) is 13.3. The van der Waals surface area contributed by atoms with Crippen LogP contribution in [0.4, 0.5) is 0 Å². The van der Waals surface area contributed by atoms with Gasteiger partial charge in [0.25, 0.3) is 0 Å². The van der Waals surface area contributed by atoms with E-state index < -0.39 is 0 Å². The standard InChI is InChI=1S/C32H40N2O/c1-33-21-18-31(24-27-8-4-2-5-9-27)29-13-15-30(16-14-29)32(35)17-12-26-19-22-34(23-20-26)25-28-10-6-3-7-11-28/h2-11,13-16,26,31,33H,12,17-25H2,1H3. The van der Waals surface area contributed by atoms with Crippen LogP contribution in [0.3, 0.4) is 0 Å². The fourth-order valence-electron chi connectivity index (χ4n) is 5.30. The zero-order valence-electron chi connectivity index (χ0n) is 21.2. The van der Waals surface area contributed by atoms with Crippen molar-refractivity contribution in [2.75, 3.05) is 26.7 Å². The minimum absolute atomic E-state index is 0.290. The molecule has 1 unspecified atom stereocenters. The number of carbonyl (C=O) groups excluding carboxylic acids is 1. The molecule has 3 aromatic rings. The molecule has 0 bridgehead atoms. The Bertz CT molecular complexity index is 1010. The number of ketones is 1. The summed E-state index contributed by atoms with van der Waals surface area (Å²) in [5.41, 5.74) is 4.94. The summed E-state index contributed by atoms with van der Waals surface area (Å²) in [6, 6.07) is 29.9. The number of rotatable bonds is 12.